The van der Waals surface area contributed by atoms with Crippen LogP contribution in [0.5, 0.6) is 0 Å². The minimum atomic E-state index is -0.0604. The summed E-state index contributed by atoms with van der Waals surface area (Å²) in [7, 11) is 0. The number of fused-ring (bicyclic) bond motifs is 2. The molecule has 130 valence electrons. The van der Waals surface area contributed by atoms with Gasteiger partial charge in [0, 0.05) is 36.9 Å². The molecule has 0 unspecified atom stereocenters. The van der Waals surface area contributed by atoms with Gasteiger partial charge in [-0.25, -0.2) is 4.98 Å². The van der Waals surface area contributed by atoms with Crippen molar-refractivity contribution in [2.75, 3.05) is 6.54 Å². The van der Waals surface area contributed by atoms with Crippen molar-refractivity contribution in [3.8, 4) is 11.6 Å². The van der Waals surface area contributed by atoms with Crippen LogP contribution in [-0.2, 0) is 19.5 Å². The molecule has 6 nitrogen and oxygen atoms in total. The van der Waals surface area contributed by atoms with Crippen LogP contribution in [0.3, 0.4) is 0 Å². The lowest BCUT2D eigenvalue weighted by Crippen LogP contribution is -2.35. The molecule has 1 aliphatic heterocycles. The fraction of sp³-hybridized carbons (Fsp3) is 0.200. The van der Waals surface area contributed by atoms with Crippen LogP contribution in [0.1, 0.15) is 16.8 Å². The van der Waals surface area contributed by atoms with Gasteiger partial charge in [0.15, 0.2) is 11.6 Å². The summed E-state index contributed by atoms with van der Waals surface area (Å²) in [4.78, 5) is 25.4. The van der Waals surface area contributed by atoms with Gasteiger partial charge in [0.25, 0.3) is 5.56 Å². The standard InChI is InChI=1S/C20H18N4O2/c25-20-15-6-8-24(11-13-3-4-16-14(10-13)5-7-21-16)12-17(15)22-19(23-20)18-2-1-9-26-18/h1-5,7,9-10,21H,6,8,11-12H2,(H,22,23,25). The van der Waals surface area contributed by atoms with Crippen LogP contribution in [0, 0.1) is 0 Å². The lowest BCUT2D eigenvalue weighted by molar-refractivity contribution is 0.240. The van der Waals surface area contributed by atoms with Crippen LogP contribution in [0.25, 0.3) is 22.5 Å². The van der Waals surface area contributed by atoms with E-state index in [-0.39, 0.29) is 5.56 Å². The van der Waals surface area contributed by atoms with Crippen molar-refractivity contribution >= 4 is 10.9 Å². The summed E-state index contributed by atoms with van der Waals surface area (Å²) in [6.07, 6.45) is 4.25. The van der Waals surface area contributed by atoms with Crippen LogP contribution in [-0.4, -0.2) is 26.4 Å². The highest BCUT2D eigenvalue weighted by Gasteiger charge is 2.22. The second kappa shape index (κ2) is 6.00. The number of nitrogens with zero attached hydrogens (tertiary/aromatic N) is 2. The fourth-order valence-corrected chi connectivity index (χ4v) is 3.62. The molecule has 4 heterocycles. The Morgan fingerprint density at radius 3 is 3.08 bits per heavy atom. The van der Waals surface area contributed by atoms with Gasteiger partial charge in [0.05, 0.1) is 12.0 Å². The molecule has 4 aromatic rings. The highest BCUT2D eigenvalue weighted by Crippen LogP contribution is 2.21. The maximum absolute atomic E-state index is 12.4. The Bertz CT molecular complexity index is 1120. The summed E-state index contributed by atoms with van der Waals surface area (Å²) >= 11 is 0. The van der Waals surface area contributed by atoms with Crippen molar-refractivity contribution in [3.05, 3.63) is 76.0 Å². The fourth-order valence-electron chi connectivity index (χ4n) is 3.62. The first-order valence-corrected chi connectivity index (χ1v) is 8.70. The van der Waals surface area contributed by atoms with Crippen LogP contribution in [0.4, 0.5) is 0 Å². The van der Waals surface area contributed by atoms with E-state index < -0.39 is 0 Å². The van der Waals surface area contributed by atoms with Gasteiger partial charge in [-0.2, -0.15) is 0 Å². The number of rotatable bonds is 3. The predicted octanol–water partition coefficient (Wildman–Crippen LogP) is 3.07. The molecular weight excluding hydrogens is 328 g/mol. The third-order valence-electron chi connectivity index (χ3n) is 4.93. The Morgan fingerprint density at radius 1 is 1.23 bits per heavy atom. The molecule has 3 aromatic heterocycles. The number of hydrogen-bond acceptors (Lipinski definition) is 4. The van der Waals surface area contributed by atoms with Crippen molar-refractivity contribution < 1.29 is 4.42 Å². The number of aromatic amines is 2. The Labute approximate surface area is 149 Å². The summed E-state index contributed by atoms with van der Waals surface area (Å²) in [5.74, 6) is 1.08. The van der Waals surface area contributed by atoms with E-state index in [1.165, 1.54) is 10.9 Å². The zero-order valence-electron chi connectivity index (χ0n) is 14.2. The highest BCUT2D eigenvalue weighted by atomic mass is 16.3. The summed E-state index contributed by atoms with van der Waals surface area (Å²) < 4.78 is 5.37. The Hall–Kier alpha value is -3.12. The van der Waals surface area contributed by atoms with E-state index in [9.17, 15) is 4.79 Å². The van der Waals surface area contributed by atoms with Crippen LogP contribution in [0.2, 0.25) is 0 Å². The molecule has 2 N–H and O–H groups in total. The minimum absolute atomic E-state index is 0.0604. The number of benzene rings is 1. The monoisotopic (exact) mass is 346 g/mol. The van der Waals surface area contributed by atoms with E-state index in [1.54, 1.807) is 18.4 Å². The van der Waals surface area contributed by atoms with Crippen molar-refractivity contribution in [2.24, 2.45) is 0 Å². The molecule has 0 saturated carbocycles. The van der Waals surface area contributed by atoms with Crippen molar-refractivity contribution in [2.45, 2.75) is 19.5 Å². The quantitative estimate of drug-likeness (QED) is 0.598. The zero-order chi connectivity index (χ0) is 17.5. The van der Waals surface area contributed by atoms with Crippen LogP contribution in [0.15, 0.2) is 58.1 Å². The van der Waals surface area contributed by atoms with Crippen molar-refractivity contribution in [1.82, 2.24) is 19.9 Å². The van der Waals surface area contributed by atoms with Crippen molar-refractivity contribution in [3.63, 3.8) is 0 Å². The molecule has 0 bridgehead atoms. The van der Waals surface area contributed by atoms with E-state index in [4.69, 9.17) is 4.42 Å². The number of hydrogen-bond donors (Lipinski definition) is 2. The maximum atomic E-state index is 12.4. The van der Waals surface area contributed by atoms with E-state index >= 15 is 0 Å². The van der Waals surface area contributed by atoms with Gasteiger partial charge in [0.1, 0.15) is 0 Å². The molecule has 1 aliphatic rings. The predicted molar refractivity (Wildman–Crippen MR) is 98.7 cm³/mol. The van der Waals surface area contributed by atoms with Gasteiger partial charge < -0.3 is 14.4 Å². The zero-order valence-corrected chi connectivity index (χ0v) is 14.2. The van der Waals surface area contributed by atoms with Gasteiger partial charge >= 0.3 is 0 Å². The summed E-state index contributed by atoms with van der Waals surface area (Å²) in [6.45, 7) is 2.35. The molecular formula is C20H18N4O2. The molecule has 0 spiro atoms. The first kappa shape index (κ1) is 15.2. The molecule has 1 aromatic carbocycles. The average molecular weight is 346 g/mol. The molecule has 0 fully saturated rings. The largest absolute Gasteiger partial charge is 0.461 e. The number of nitrogens with one attached hydrogen (secondary N) is 2. The van der Waals surface area contributed by atoms with Gasteiger partial charge in [-0.15, -0.1) is 0 Å². The minimum Gasteiger partial charge on any atom is -0.461 e. The summed E-state index contributed by atoms with van der Waals surface area (Å²) in [6, 6.07) is 12.1. The van der Waals surface area contributed by atoms with Crippen molar-refractivity contribution in [1.29, 1.82) is 0 Å². The number of H-pyrrole nitrogens is 2. The number of furan rings is 1. The van der Waals surface area contributed by atoms with E-state index in [0.29, 0.717) is 24.6 Å². The summed E-state index contributed by atoms with van der Waals surface area (Å²) in [5.41, 5.74) is 3.98. The average Bonchev–Trinajstić information content (AvgIpc) is 3.33. The third kappa shape index (κ3) is 2.64. The Kier molecular flexibility index (Phi) is 3.50. The molecule has 6 heteroatoms. The van der Waals surface area contributed by atoms with E-state index in [2.05, 4.69) is 44.1 Å². The topological polar surface area (TPSA) is 77.9 Å². The SMILES string of the molecule is O=c1[nH]c(-c2ccco2)nc2c1CCN(Cc1ccc3[nH]ccc3c1)C2. The molecule has 0 amide bonds. The maximum Gasteiger partial charge on any atom is 0.254 e. The van der Waals surface area contributed by atoms with Gasteiger partial charge in [0.2, 0.25) is 0 Å². The Morgan fingerprint density at radius 2 is 2.19 bits per heavy atom. The van der Waals surface area contributed by atoms with E-state index in [1.807, 2.05) is 6.20 Å². The molecule has 0 atom stereocenters. The third-order valence-corrected chi connectivity index (χ3v) is 4.93. The lowest BCUT2D eigenvalue weighted by Gasteiger charge is -2.27. The molecule has 0 saturated heterocycles. The van der Waals surface area contributed by atoms with Gasteiger partial charge in [-0.3, -0.25) is 9.69 Å². The normalized spacial score (nSPS) is 14.6. The van der Waals surface area contributed by atoms with Crippen LogP contribution >= 0.6 is 0 Å². The number of aromatic nitrogens is 3. The highest BCUT2D eigenvalue weighted by molar-refractivity contribution is 5.79. The Balaban J connectivity index is 1.42. The molecule has 26 heavy (non-hydrogen) atoms. The first-order valence-electron chi connectivity index (χ1n) is 8.70. The van der Waals surface area contributed by atoms with Gasteiger partial charge in [-0.05, 0) is 47.7 Å². The molecule has 0 radical (unpaired) electrons. The first-order chi connectivity index (χ1) is 12.8. The summed E-state index contributed by atoms with van der Waals surface area (Å²) in [5, 5.41) is 1.22. The van der Waals surface area contributed by atoms with Crippen LogP contribution < -0.4 is 5.56 Å². The van der Waals surface area contributed by atoms with E-state index in [0.717, 1.165) is 29.9 Å². The smallest absolute Gasteiger partial charge is 0.254 e. The lowest BCUT2D eigenvalue weighted by atomic mass is 10.0. The second-order valence-electron chi connectivity index (χ2n) is 6.68. The second-order valence-corrected chi connectivity index (χ2v) is 6.68. The van der Waals surface area contributed by atoms with Gasteiger partial charge in [-0.1, -0.05) is 6.07 Å². The molecule has 0 aliphatic carbocycles. The molecule has 5 rings (SSSR count).